The van der Waals surface area contributed by atoms with Gasteiger partial charge in [-0.1, -0.05) is 40.9 Å². The molecule has 0 radical (unpaired) electrons. The van der Waals surface area contributed by atoms with Gasteiger partial charge in [0.2, 0.25) is 0 Å². The number of halogens is 3. The van der Waals surface area contributed by atoms with Gasteiger partial charge in [-0.15, -0.1) is 0 Å². The Hall–Kier alpha value is -2.59. The van der Waals surface area contributed by atoms with E-state index in [0.29, 0.717) is 47.4 Å². The largest absolute Gasteiger partial charge is 0.496 e. The number of hydrogen-bond donors (Lipinski definition) is 3. The fourth-order valence-electron chi connectivity index (χ4n) is 4.07. The number of piperidine rings is 1. The third-order valence-electron chi connectivity index (χ3n) is 5.99. The summed E-state index contributed by atoms with van der Waals surface area (Å²) in [6, 6.07) is 8.09. The Morgan fingerprint density at radius 1 is 1.14 bits per heavy atom. The quantitative estimate of drug-likeness (QED) is 0.384. The molecule has 1 fully saturated rings. The van der Waals surface area contributed by atoms with E-state index < -0.39 is 18.4 Å². The lowest BCUT2D eigenvalue weighted by atomic mass is 9.96. The molecule has 0 spiro atoms. The van der Waals surface area contributed by atoms with Gasteiger partial charge in [-0.2, -0.15) is 0 Å². The maximum absolute atomic E-state index is 12.8. The maximum atomic E-state index is 12.8. The number of ether oxygens (including phenoxy) is 3. The highest BCUT2D eigenvalue weighted by atomic mass is 35.5. The zero-order valence-electron chi connectivity index (χ0n) is 19.9. The molecule has 0 aliphatic carbocycles. The summed E-state index contributed by atoms with van der Waals surface area (Å²) in [4.78, 5) is 26.2. The predicted octanol–water partition coefficient (Wildman–Crippen LogP) is 4.57. The number of anilines is 1. The highest BCUT2D eigenvalue weighted by Crippen LogP contribution is 2.34. The number of benzene rings is 2. The van der Waals surface area contributed by atoms with Crippen LogP contribution in [-0.4, -0.2) is 56.0 Å². The predicted molar refractivity (Wildman–Crippen MR) is 140 cm³/mol. The molecule has 3 rings (SSSR count). The molecule has 0 bridgehead atoms. The normalized spacial score (nSPS) is 16.1. The first-order chi connectivity index (χ1) is 17.1. The number of primary amides is 1. The zero-order valence-corrected chi connectivity index (χ0v) is 22.2. The van der Waals surface area contributed by atoms with Crippen molar-refractivity contribution in [1.29, 1.82) is 0 Å². The Bertz CT molecular complexity index is 1100. The molecule has 1 aliphatic rings. The van der Waals surface area contributed by atoms with E-state index >= 15 is 0 Å². The minimum Gasteiger partial charge on any atom is -0.496 e. The minimum absolute atomic E-state index is 0.225. The molecule has 12 heteroatoms. The molecule has 0 saturated carbocycles. The van der Waals surface area contributed by atoms with E-state index in [1.54, 1.807) is 25.1 Å². The van der Waals surface area contributed by atoms with Crippen molar-refractivity contribution in [1.82, 2.24) is 10.2 Å². The highest BCUT2D eigenvalue weighted by Gasteiger charge is 2.33. The number of carbonyl (C=O) groups is 2. The van der Waals surface area contributed by atoms with Gasteiger partial charge in [-0.25, -0.2) is 4.79 Å². The molecule has 1 saturated heterocycles. The number of rotatable bonds is 9. The van der Waals surface area contributed by atoms with Crippen LogP contribution >= 0.6 is 34.8 Å². The number of hydrogen-bond acceptors (Lipinski definition) is 7. The van der Waals surface area contributed by atoms with Gasteiger partial charge in [0.1, 0.15) is 16.5 Å². The Balaban J connectivity index is 1.62. The van der Waals surface area contributed by atoms with Crippen LogP contribution in [0.15, 0.2) is 30.3 Å². The molecule has 2 aromatic carbocycles. The van der Waals surface area contributed by atoms with Gasteiger partial charge in [-0.3, -0.25) is 9.69 Å². The van der Waals surface area contributed by atoms with Crippen molar-refractivity contribution in [3.8, 4) is 11.5 Å². The average molecular weight is 560 g/mol. The summed E-state index contributed by atoms with van der Waals surface area (Å²) >= 11 is 18.5. The molecule has 2 unspecified atom stereocenters. The molecular weight excluding hydrogens is 531 g/mol. The molecule has 1 aliphatic heterocycles. The van der Waals surface area contributed by atoms with Crippen LogP contribution in [-0.2, 0) is 4.74 Å². The van der Waals surface area contributed by atoms with Crippen LogP contribution in [0, 0.1) is 5.92 Å². The standard InChI is InChI=1S/C24H29Cl3N4O5/c1-13(35-24(29)33)23(36-19-5-3-4-16(25)21(19)27)31-8-6-14(7-9-31)12-30-22(32)15-10-17(26)18(28)11-20(15)34-2/h3-5,10-11,13-14,23H,6-9,12,28H2,1-2H3,(H2,29,33)(H,30,32). The number of nitrogens with zero attached hydrogens (tertiary/aromatic N) is 1. The Morgan fingerprint density at radius 3 is 2.47 bits per heavy atom. The third-order valence-corrected chi connectivity index (χ3v) is 7.12. The molecule has 9 nitrogen and oxygen atoms in total. The van der Waals surface area contributed by atoms with Crippen molar-refractivity contribution in [3.63, 3.8) is 0 Å². The van der Waals surface area contributed by atoms with Gasteiger partial charge in [0.25, 0.3) is 5.91 Å². The van der Waals surface area contributed by atoms with Crippen molar-refractivity contribution < 1.29 is 23.8 Å². The van der Waals surface area contributed by atoms with Crippen LogP contribution in [0.1, 0.15) is 30.1 Å². The molecule has 2 atom stereocenters. The van der Waals surface area contributed by atoms with Gasteiger partial charge in [0, 0.05) is 25.7 Å². The molecule has 5 N–H and O–H groups in total. The van der Waals surface area contributed by atoms with Crippen molar-refractivity contribution in [2.24, 2.45) is 11.7 Å². The topological polar surface area (TPSA) is 129 Å². The summed E-state index contributed by atoms with van der Waals surface area (Å²) in [5.41, 5.74) is 11.7. The minimum atomic E-state index is -0.899. The molecule has 196 valence electrons. The van der Waals surface area contributed by atoms with Crippen molar-refractivity contribution >= 4 is 52.5 Å². The summed E-state index contributed by atoms with van der Waals surface area (Å²) in [6.45, 7) is 3.43. The molecule has 2 aromatic rings. The Morgan fingerprint density at radius 2 is 1.83 bits per heavy atom. The second kappa shape index (κ2) is 12.6. The van der Waals surface area contributed by atoms with E-state index in [4.69, 9.17) is 60.5 Å². The van der Waals surface area contributed by atoms with Gasteiger partial charge in [0.05, 0.1) is 28.4 Å². The van der Waals surface area contributed by atoms with Crippen LogP contribution in [0.5, 0.6) is 11.5 Å². The van der Waals surface area contributed by atoms with Gasteiger partial charge >= 0.3 is 6.09 Å². The second-order valence-electron chi connectivity index (χ2n) is 8.47. The maximum Gasteiger partial charge on any atom is 0.404 e. The fourth-order valence-corrected chi connectivity index (χ4v) is 4.57. The number of carbonyl (C=O) groups excluding carboxylic acids is 2. The lowest BCUT2D eigenvalue weighted by Gasteiger charge is -2.39. The number of methoxy groups -OCH3 is 1. The number of amides is 2. The molecule has 2 amide bonds. The lowest BCUT2D eigenvalue weighted by molar-refractivity contribution is -0.0728. The van der Waals surface area contributed by atoms with Crippen molar-refractivity contribution in [3.05, 3.63) is 51.0 Å². The summed E-state index contributed by atoms with van der Waals surface area (Å²) in [6.07, 6.45) is -0.663. The smallest absolute Gasteiger partial charge is 0.404 e. The number of nitrogens with one attached hydrogen (secondary N) is 1. The first-order valence-corrected chi connectivity index (χ1v) is 12.5. The number of nitrogen functional groups attached to an aromatic ring is 1. The average Bonchev–Trinajstić information content (AvgIpc) is 2.84. The first kappa shape index (κ1) is 28.0. The third kappa shape index (κ3) is 7.00. The van der Waals surface area contributed by atoms with E-state index in [9.17, 15) is 9.59 Å². The van der Waals surface area contributed by atoms with Crippen LogP contribution in [0.3, 0.4) is 0 Å². The van der Waals surface area contributed by atoms with E-state index in [-0.39, 0.29) is 21.9 Å². The van der Waals surface area contributed by atoms with E-state index in [0.717, 1.165) is 12.8 Å². The summed E-state index contributed by atoms with van der Waals surface area (Å²) in [5.74, 6) is 0.659. The van der Waals surface area contributed by atoms with Crippen LogP contribution in [0.2, 0.25) is 15.1 Å². The van der Waals surface area contributed by atoms with E-state index in [1.807, 2.05) is 4.90 Å². The zero-order chi connectivity index (χ0) is 26.4. The summed E-state index contributed by atoms with van der Waals surface area (Å²) in [7, 11) is 1.47. The monoisotopic (exact) mass is 558 g/mol. The fraction of sp³-hybridized carbons (Fsp3) is 0.417. The Kier molecular flexibility index (Phi) is 9.78. The summed E-state index contributed by atoms with van der Waals surface area (Å²) < 4.78 is 16.6. The molecular formula is C24H29Cl3N4O5. The highest BCUT2D eigenvalue weighted by molar-refractivity contribution is 6.42. The van der Waals surface area contributed by atoms with Crippen LogP contribution in [0.25, 0.3) is 0 Å². The SMILES string of the molecule is COc1cc(N)c(Cl)cc1C(=O)NCC1CCN(C(Oc2cccc(Cl)c2Cl)C(C)OC(N)=O)CC1. The number of likely N-dealkylation sites (tertiary alicyclic amines) is 1. The first-order valence-electron chi connectivity index (χ1n) is 11.3. The van der Waals surface area contributed by atoms with Gasteiger partial charge in [0.15, 0.2) is 12.3 Å². The second-order valence-corrected chi connectivity index (χ2v) is 9.66. The van der Waals surface area contributed by atoms with Crippen molar-refractivity contribution in [2.45, 2.75) is 32.1 Å². The number of nitrogens with two attached hydrogens (primary N) is 2. The van der Waals surface area contributed by atoms with Gasteiger partial charge in [-0.05, 0) is 43.9 Å². The Labute approximate surface area is 224 Å². The van der Waals surface area contributed by atoms with Crippen LogP contribution in [0.4, 0.5) is 10.5 Å². The molecule has 36 heavy (non-hydrogen) atoms. The van der Waals surface area contributed by atoms with Crippen LogP contribution < -0.4 is 26.3 Å². The molecule has 1 heterocycles. The van der Waals surface area contributed by atoms with Crippen molar-refractivity contribution in [2.75, 3.05) is 32.5 Å². The lowest BCUT2D eigenvalue weighted by Crippen LogP contribution is -2.52. The summed E-state index contributed by atoms with van der Waals surface area (Å²) in [5, 5.41) is 3.86. The molecule has 0 aromatic heterocycles. The van der Waals surface area contributed by atoms with E-state index in [2.05, 4.69) is 5.32 Å². The van der Waals surface area contributed by atoms with E-state index in [1.165, 1.54) is 19.2 Å². The van der Waals surface area contributed by atoms with Gasteiger partial charge < -0.3 is 31.0 Å².